The Labute approximate surface area is 252 Å². The van der Waals surface area contributed by atoms with Gasteiger partial charge in [0.05, 0.1) is 6.20 Å². The first-order valence-electron chi connectivity index (χ1n) is 14.7. The van der Waals surface area contributed by atoms with Gasteiger partial charge in [0.1, 0.15) is 34.9 Å². The largest absolute Gasteiger partial charge is 0.456 e. The Morgan fingerprint density at radius 2 is 1.20 bits per heavy atom. The van der Waals surface area contributed by atoms with Crippen molar-refractivity contribution in [1.82, 2.24) is 15.6 Å². The average Bonchev–Trinajstić information content (AvgIpc) is 3.67. The Bertz CT molecular complexity index is 2350. The first kappa shape index (κ1) is 24.8. The molecule has 6 heteroatoms. The summed E-state index contributed by atoms with van der Waals surface area (Å²) in [5.74, 6) is 0.750. The zero-order chi connectivity index (χ0) is 29.0. The molecule has 0 fully saturated rings. The van der Waals surface area contributed by atoms with E-state index in [1.807, 2.05) is 54.7 Å². The van der Waals surface area contributed by atoms with Gasteiger partial charge in [0.15, 0.2) is 5.58 Å². The van der Waals surface area contributed by atoms with Gasteiger partial charge in [0, 0.05) is 38.9 Å². The smallest absolute Gasteiger partial charge is 0.154 e. The van der Waals surface area contributed by atoms with E-state index in [-0.39, 0.29) is 12.3 Å². The highest BCUT2D eigenvalue weighted by molar-refractivity contribution is 6.18. The van der Waals surface area contributed by atoms with E-state index in [0.717, 1.165) is 72.0 Å². The summed E-state index contributed by atoms with van der Waals surface area (Å²) in [6.45, 7) is 0. The lowest BCUT2D eigenvalue weighted by Gasteiger charge is -2.32. The molecule has 0 aliphatic carbocycles. The number of fused-ring (bicyclic) bond motifs is 6. The molecule has 1 aliphatic rings. The fraction of sp³-hybridized carbons (Fsp3) is 0.0526. The fourth-order valence-corrected chi connectivity index (χ4v) is 6.41. The Hall–Kier alpha value is -5.72. The van der Waals surface area contributed by atoms with Crippen molar-refractivity contribution < 1.29 is 8.83 Å². The summed E-state index contributed by atoms with van der Waals surface area (Å²) >= 11 is 0. The van der Waals surface area contributed by atoms with Gasteiger partial charge >= 0.3 is 0 Å². The van der Waals surface area contributed by atoms with Crippen LogP contribution in [-0.2, 0) is 0 Å². The summed E-state index contributed by atoms with van der Waals surface area (Å²) in [6, 6.07) is 41.6. The van der Waals surface area contributed by atoms with Crippen molar-refractivity contribution >= 4 is 49.7 Å². The lowest BCUT2D eigenvalue weighted by molar-refractivity contribution is 0.411. The van der Waals surface area contributed by atoms with Crippen molar-refractivity contribution in [3.63, 3.8) is 0 Å². The lowest BCUT2D eigenvalue weighted by atomic mass is 10.00. The number of aliphatic imine (C=N–C) groups is 1. The Morgan fingerprint density at radius 1 is 0.545 bits per heavy atom. The molecular formula is C38H26N4O2. The molecule has 2 unspecified atom stereocenters. The van der Waals surface area contributed by atoms with E-state index in [4.69, 9.17) is 13.8 Å². The summed E-state index contributed by atoms with van der Waals surface area (Å²) < 4.78 is 12.4. The van der Waals surface area contributed by atoms with Gasteiger partial charge in [-0.2, -0.15) is 0 Å². The molecular weight excluding hydrogens is 544 g/mol. The summed E-state index contributed by atoms with van der Waals surface area (Å²) in [7, 11) is 0. The molecule has 4 heterocycles. The van der Waals surface area contributed by atoms with Gasteiger partial charge in [0.2, 0.25) is 0 Å². The number of aromatic nitrogens is 1. The van der Waals surface area contributed by atoms with Crippen molar-refractivity contribution in [2.45, 2.75) is 12.3 Å². The third-order valence-corrected chi connectivity index (χ3v) is 8.49. The number of pyridine rings is 1. The van der Waals surface area contributed by atoms with Gasteiger partial charge in [-0.15, -0.1) is 0 Å². The molecule has 1 aliphatic heterocycles. The highest BCUT2D eigenvalue weighted by Gasteiger charge is 2.29. The predicted octanol–water partition coefficient (Wildman–Crippen LogP) is 8.88. The molecule has 44 heavy (non-hydrogen) atoms. The third-order valence-electron chi connectivity index (χ3n) is 8.49. The van der Waals surface area contributed by atoms with Crippen LogP contribution in [0.25, 0.3) is 55.0 Å². The number of rotatable bonds is 4. The molecule has 0 radical (unpaired) electrons. The second-order valence-electron chi connectivity index (χ2n) is 11.1. The predicted molar refractivity (Wildman–Crippen MR) is 175 cm³/mol. The van der Waals surface area contributed by atoms with Crippen LogP contribution in [0.2, 0.25) is 0 Å². The van der Waals surface area contributed by atoms with E-state index in [9.17, 15) is 0 Å². The van der Waals surface area contributed by atoms with Crippen LogP contribution >= 0.6 is 0 Å². The number of nitrogens with zero attached hydrogens (tertiary/aromatic N) is 2. The second-order valence-corrected chi connectivity index (χ2v) is 11.1. The molecule has 2 atom stereocenters. The van der Waals surface area contributed by atoms with Gasteiger partial charge in [-0.1, -0.05) is 103 Å². The van der Waals surface area contributed by atoms with Gasteiger partial charge in [-0.3, -0.25) is 10.3 Å². The maximum Gasteiger partial charge on any atom is 0.154 e. The van der Waals surface area contributed by atoms with Gasteiger partial charge in [-0.25, -0.2) is 4.99 Å². The summed E-state index contributed by atoms with van der Waals surface area (Å²) in [5, 5.41) is 11.7. The van der Waals surface area contributed by atoms with Gasteiger partial charge < -0.3 is 14.2 Å². The minimum atomic E-state index is -0.317. The molecule has 0 saturated heterocycles. The number of hydrogen-bond donors (Lipinski definition) is 2. The van der Waals surface area contributed by atoms with Crippen molar-refractivity contribution in [3.8, 4) is 11.1 Å². The molecule has 0 bridgehead atoms. The van der Waals surface area contributed by atoms with Crippen molar-refractivity contribution in [3.05, 3.63) is 150 Å². The van der Waals surface area contributed by atoms with E-state index in [1.54, 1.807) is 6.20 Å². The monoisotopic (exact) mass is 570 g/mol. The molecule has 3 aromatic heterocycles. The summed E-state index contributed by atoms with van der Waals surface area (Å²) in [5.41, 5.74) is 8.67. The normalized spacial score (nSPS) is 16.9. The van der Waals surface area contributed by atoms with Crippen LogP contribution in [-0.4, -0.2) is 10.8 Å². The molecule has 6 nitrogen and oxygen atoms in total. The molecule has 0 spiro atoms. The molecule has 5 aromatic carbocycles. The van der Waals surface area contributed by atoms with Crippen LogP contribution in [0, 0.1) is 0 Å². The number of para-hydroxylation sites is 2. The zero-order valence-corrected chi connectivity index (χ0v) is 23.6. The quantitative estimate of drug-likeness (QED) is 0.221. The maximum atomic E-state index is 6.25. The van der Waals surface area contributed by atoms with Crippen LogP contribution in [0.4, 0.5) is 0 Å². The van der Waals surface area contributed by atoms with Gasteiger partial charge in [-0.05, 0) is 34.9 Å². The van der Waals surface area contributed by atoms with Crippen LogP contribution in [0.5, 0.6) is 0 Å². The van der Waals surface area contributed by atoms with E-state index in [2.05, 4.69) is 88.4 Å². The summed E-state index contributed by atoms with van der Waals surface area (Å²) in [4.78, 5) is 9.81. The van der Waals surface area contributed by atoms with Crippen LogP contribution in [0.15, 0.2) is 148 Å². The maximum absolute atomic E-state index is 6.25. The third kappa shape index (κ3) is 4.00. The second kappa shape index (κ2) is 9.93. The highest BCUT2D eigenvalue weighted by atomic mass is 16.3. The Morgan fingerprint density at radius 3 is 2.00 bits per heavy atom. The Kier molecular flexibility index (Phi) is 5.61. The molecule has 9 rings (SSSR count). The lowest BCUT2D eigenvalue weighted by Crippen LogP contribution is -2.45. The average molecular weight is 571 g/mol. The molecule has 0 amide bonds. The van der Waals surface area contributed by atoms with Gasteiger partial charge in [0.25, 0.3) is 0 Å². The van der Waals surface area contributed by atoms with E-state index in [1.165, 1.54) is 5.56 Å². The Balaban J connectivity index is 1.21. The number of furan rings is 2. The summed E-state index contributed by atoms with van der Waals surface area (Å²) in [6.07, 6.45) is 3.07. The number of amidine groups is 1. The van der Waals surface area contributed by atoms with Crippen LogP contribution < -0.4 is 10.6 Å². The van der Waals surface area contributed by atoms with E-state index in [0.29, 0.717) is 0 Å². The molecule has 8 aromatic rings. The van der Waals surface area contributed by atoms with E-state index >= 15 is 0 Å². The van der Waals surface area contributed by atoms with Crippen molar-refractivity contribution in [2.24, 2.45) is 4.99 Å². The molecule has 0 saturated carbocycles. The fourth-order valence-electron chi connectivity index (χ4n) is 6.41. The van der Waals surface area contributed by atoms with Crippen molar-refractivity contribution in [2.75, 3.05) is 0 Å². The molecule has 2 N–H and O–H groups in total. The first-order valence-corrected chi connectivity index (χ1v) is 14.7. The SMILES string of the molecule is c1ccc(-c2ccc(C3N=C(c4cncc5oc6ccccc6c45)NC(c4cccc5oc6ccccc6c45)N3)cc2)cc1. The van der Waals surface area contributed by atoms with Crippen LogP contribution in [0.1, 0.15) is 29.0 Å². The topological polar surface area (TPSA) is 75.6 Å². The standard InChI is InChI=1S/C38H26N4O2/c1-2-9-23(10-3-1)24-17-19-25(20-18-24)36-40-37(28-13-8-16-32-34(28)26-11-4-6-14-30(26)43-32)42-38(41-36)29-21-39-22-33-35(29)27-12-5-7-15-31(27)44-33/h1-22,36-37,40H,(H,41,42). The zero-order valence-electron chi connectivity index (χ0n) is 23.6. The highest BCUT2D eigenvalue weighted by Crippen LogP contribution is 2.37. The van der Waals surface area contributed by atoms with Crippen molar-refractivity contribution in [1.29, 1.82) is 0 Å². The number of hydrogen-bond acceptors (Lipinski definition) is 6. The van der Waals surface area contributed by atoms with E-state index < -0.39 is 0 Å². The molecule has 210 valence electrons. The minimum absolute atomic E-state index is 0.264. The van der Waals surface area contributed by atoms with Crippen LogP contribution in [0.3, 0.4) is 0 Å². The number of nitrogens with one attached hydrogen (secondary N) is 2. The minimum Gasteiger partial charge on any atom is -0.456 e. The number of benzene rings is 5. The first-order chi connectivity index (χ1) is 21.8.